The van der Waals surface area contributed by atoms with Gasteiger partial charge < -0.3 is 19.7 Å². The smallest absolute Gasteiger partial charge is 0.334 e. The molecule has 2 rings (SSSR count). The molecule has 142 valence electrons. The van der Waals surface area contributed by atoms with Crippen LogP contribution >= 0.6 is 0 Å². The number of hydrogen-bond donors (Lipinski definition) is 2. The number of aliphatic hydroxyl groups is 2. The number of hydrogen-bond acceptors (Lipinski definition) is 6. The molecule has 0 aromatic rings. The molecule has 1 aliphatic heterocycles. The summed E-state index contributed by atoms with van der Waals surface area (Å²) >= 11 is 0. The molecule has 3 atom stereocenters. The molecule has 1 saturated heterocycles. The van der Waals surface area contributed by atoms with Gasteiger partial charge in [0.05, 0.1) is 19.1 Å². The summed E-state index contributed by atoms with van der Waals surface area (Å²) in [4.78, 5) is 24.4. The fourth-order valence-electron chi connectivity index (χ4n) is 3.15. The summed E-state index contributed by atoms with van der Waals surface area (Å²) in [5.41, 5.74) is 2.13. The van der Waals surface area contributed by atoms with Gasteiger partial charge in [0.1, 0.15) is 12.2 Å². The van der Waals surface area contributed by atoms with Crippen LogP contribution in [0.3, 0.4) is 0 Å². The summed E-state index contributed by atoms with van der Waals surface area (Å²) in [7, 11) is 0. The lowest BCUT2D eigenvalue weighted by atomic mass is 9.85. The maximum Gasteiger partial charge on any atom is 0.334 e. The van der Waals surface area contributed by atoms with Gasteiger partial charge in [0.25, 0.3) is 0 Å². The summed E-state index contributed by atoms with van der Waals surface area (Å²) in [6.07, 6.45) is 5.43. The van der Waals surface area contributed by atoms with Crippen molar-refractivity contribution in [3.8, 4) is 0 Å². The van der Waals surface area contributed by atoms with Crippen molar-refractivity contribution < 1.29 is 29.3 Å². The van der Waals surface area contributed by atoms with Crippen LogP contribution in [0, 0.1) is 5.92 Å². The van der Waals surface area contributed by atoms with Gasteiger partial charge in [0.2, 0.25) is 0 Å². The Morgan fingerprint density at radius 1 is 1.38 bits per heavy atom. The molecule has 0 spiro atoms. The number of carbonyl (C=O) groups excluding carboxylic acids is 2. The largest absolute Gasteiger partial charge is 0.458 e. The third-order valence-corrected chi connectivity index (χ3v) is 4.84. The van der Waals surface area contributed by atoms with E-state index in [-0.39, 0.29) is 18.8 Å². The predicted molar refractivity (Wildman–Crippen MR) is 96.0 cm³/mol. The summed E-state index contributed by atoms with van der Waals surface area (Å²) in [5.74, 6) is -1.59. The van der Waals surface area contributed by atoms with Gasteiger partial charge in [-0.05, 0) is 43.9 Å². The lowest BCUT2D eigenvalue weighted by molar-refractivity contribution is -0.145. The van der Waals surface area contributed by atoms with Crippen LogP contribution in [-0.2, 0) is 19.1 Å². The van der Waals surface area contributed by atoms with Crippen LogP contribution in [-0.4, -0.2) is 47.6 Å². The van der Waals surface area contributed by atoms with E-state index in [0.29, 0.717) is 30.4 Å². The fraction of sp³-hybridized carbons (Fsp3) is 0.500. The van der Waals surface area contributed by atoms with Gasteiger partial charge in [-0.2, -0.15) is 0 Å². The average molecular weight is 362 g/mol. The van der Waals surface area contributed by atoms with Gasteiger partial charge in [0.15, 0.2) is 0 Å². The Labute approximate surface area is 153 Å². The number of rotatable bonds is 4. The second-order valence-corrected chi connectivity index (χ2v) is 6.58. The fourth-order valence-corrected chi connectivity index (χ4v) is 3.15. The highest BCUT2D eigenvalue weighted by molar-refractivity contribution is 5.91. The second kappa shape index (κ2) is 8.96. The third kappa shape index (κ3) is 4.51. The zero-order valence-corrected chi connectivity index (χ0v) is 15.2. The molecule has 0 unspecified atom stereocenters. The summed E-state index contributed by atoms with van der Waals surface area (Å²) in [6.45, 7) is 6.87. The van der Waals surface area contributed by atoms with E-state index in [0.717, 1.165) is 5.57 Å². The topological polar surface area (TPSA) is 93.1 Å². The van der Waals surface area contributed by atoms with Crippen molar-refractivity contribution in [1.29, 1.82) is 0 Å². The van der Waals surface area contributed by atoms with E-state index < -0.39 is 30.1 Å². The number of aliphatic hydroxyl groups excluding tert-OH is 2. The number of allylic oxidation sites excluding steroid dienone is 2. The lowest BCUT2D eigenvalue weighted by Gasteiger charge is -2.27. The first kappa shape index (κ1) is 20.1. The molecule has 0 aromatic heterocycles. The molecule has 0 aromatic carbocycles. The quantitative estimate of drug-likeness (QED) is 0.451. The van der Waals surface area contributed by atoms with Crippen LogP contribution in [0.5, 0.6) is 0 Å². The molecule has 26 heavy (non-hydrogen) atoms. The zero-order chi connectivity index (χ0) is 19.3. The highest BCUT2D eigenvalue weighted by Crippen LogP contribution is 2.36. The highest BCUT2D eigenvalue weighted by Gasteiger charge is 2.44. The summed E-state index contributed by atoms with van der Waals surface area (Å²) < 4.78 is 11.1. The molecule has 0 radical (unpaired) electrons. The Morgan fingerprint density at radius 3 is 2.69 bits per heavy atom. The van der Waals surface area contributed by atoms with E-state index in [1.165, 1.54) is 0 Å². The molecule has 1 heterocycles. The number of carbonyl (C=O) groups is 2. The third-order valence-electron chi connectivity index (χ3n) is 4.84. The minimum Gasteiger partial charge on any atom is -0.458 e. The normalized spacial score (nSPS) is 31.2. The Balaban J connectivity index is 2.43. The molecule has 0 amide bonds. The summed E-state index contributed by atoms with van der Waals surface area (Å²) in [6, 6.07) is 0. The molecule has 6 nitrogen and oxygen atoms in total. The molecule has 2 aliphatic rings. The predicted octanol–water partition coefficient (Wildman–Crippen LogP) is 1.98. The number of fused-ring (bicyclic) bond motifs is 1. The first-order valence-corrected chi connectivity index (χ1v) is 8.74. The van der Waals surface area contributed by atoms with Crippen molar-refractivity contribution in [3.05, 3.63) is 47.1 Å². The first-order valence-electron chi connectivity index (χ1n) is 8.74. The van der Waals surface area contributed by atoms with E-state index >= 15 is 0 Å². The monoisotopic (exact) mass is 362 g/mol. The number of ether oxygens (including phenoxy) is 2. The van der Waals surface area contributed by atoms with Crippen molar-refractivity contribution in [2.75, 3.05) is 13.2 Å². The van der Waals surface area contributed by atoms with Crippen LogP contribution in [0.1, 0.15) is 33.1 Å². The van der Waals surface area contributed by atoms with Gasteiger partial charge in [0, 0.05) is 17.6 Å². The minimum absolute atomic E-state index is 0.145. The maximum atomic E-state index is 12.3. The molecular weight excluding hydrogens is 336 g/mol. The van der Waals surface area contributed by atoms with E-state index in [1.54, 1.807) is 26.0 Å². The van der Waals surface area contributed by atoms with Crippen molar-refractivity contribution in [2.24, 2.45) is 5.92 Å². The van der Waals surface area contributed by atoms with Crippen LogP contribution in [0.15, 0.2) is 47.1 Å². The average Bonchev–Trinajstić information content (AvgIpc) is 2.91. The van der Waals surface area contributed by atoms with Gasteiger partial charge in [-0.1, -0.05) is 18.7 Å². The first-order chi connectivity index (χ1) is 12.4. The Bertz CT molecular complexity index is 670. The van der Waals surface area contributed by atoms with E-state index in [4.69, 9.17) is 9.47 Å². The Hall–Kier alpha value is -2.18. The molecule has 6 heteroatoms. The SMILES string of the molecule is C=C1C(=O)O[C@H]2C/C(CO)=C\CC/C(CO)=C\[C@H](OC(=O)/C(C)=C/C)[C@H]12. The molecular formula is C20H26O6. The Morgan fingerprint density at radius 2 is 2.08 bits per heavy atom. The minimum atomic E-state index is -0.776. The van der Waals surface area contributed by atoms with Crippen LogP contribution in [0.4, 0.5) is 0 Å². The lowest BCUT2D eigenvalue weighted by Crippen LogP contribution is -2.33. The van der Waals surface area contributed by atoms with Crippen molar-refractivity contribution in [2.45, 2.75) is 45.3 Å². The van der Waals surface area contributed by atoms with E-state index in [9.17, 15) is 19.8 Å². The standard InChI is InChI=1S/C20H26O6/c1-4-12(2)19(23)25-16-8-14(10-21)6-5-7-15(11-22)9-17-18(16)13(3)20(24)26-17/h4,7-8,16-18,21-22H,3,5-6,9-11H2,1-2H3/b12-4+,14-8+,15-7+/t16-,17-,18-/m0/s1. The van der Waals surface area contributed by atoms with Gasteiger partial charge in [-0.25, -0.2) is 9.59 Å². The second-order valence-electron chi connectivity index (χ2n) is 6.58. The van der Waals surface area contributed by atoms with Crippen LogP contribution < -0.4 is 0 Å². The highest BCUT2D eigenvalue weighted by atomic mass is 16.6. The maximum absolute atomic E-state index is 12.3. The van der Waals surface area contributed by atoms with E-state index in [2.05, 4.69) is 6.58 Å². The molecule has 2 N–H and O–H groups in total. The van der Waals surface area contributed by atoms with Gasteiger partial charge in [-0.3, -0.25) is 0 Å². The number of esters is 2. The molecule has 1 fully saturated rings. The molecule has 0 bridgehead atoms. The van der Waals surface area contributed by atoms with Gasteiger partial charge >= 0.3 is 11.9 Å². The van der Waals surface area contributed by atoms with Crippen LogP contribution in [0.25, 0.3) is 0 Å². The zero-order valence-electron chi connectivity index (χ0n) is 15.2. The van der Waals surface area contributed by atoms with Crippen molar-refractivity contribution in [3.63, 3.8) is 0 Å². The van der Waals surface area contributed by atoms with E-state index in [1.807, 2.05) is 6.08 Å². The molecule has 1 aliphatic carbocycles. The van der Waals surface area contributed by atoms with Crippen molar-refractivity contribution >= 4 is 11.9 Å². The van der Waals surface area contributed by atoms with Crippen molar-refractivity contribution in [1.82, 2.24) is 0 Å². The Kier molecular flexibility index (Phi) is 6.94. The van der Waals surface area contributed by atoms with Gasteiger partial charge in [-0.15, -0.1) is 0 Å². The van der Waals surface area contributed by atoms with Crippen LogP contribution in [0.2, 0.25) is 0 Å². The molecule has 0 saturated carbocycles. The summed E-state index contributed by atoms with van der Waals surface area (Å²) in [5, 5.41) is 19.2.